The van der Waals surface area contributed by atoms with Crippen molar-refractivity contribution in [3.8, 4) is 0 Å². The summed E-state index contributed by atoms with van der Waals surface area (Å²) < 4.78 is 4.84. The van der Waals surface area contributed by atoms with Crippen LogP contribution in [0.2, 0.25) is 0 Å². The summed E-state index contributed by atoms with van der Waals surface area (Å²) in [5, 5.41) is 22.3. The summed E-state index contributed by atoms with van der Waals surface area (Å²) in [5.41, 5.74) is 0.272. The van der Waals surface area contributed by atoms with Crippen LogP contribution < -0.4 is 5.32 Å². The Hall–Kier alpha value is -1.86. The number of β-amino-alcohol motifs (C(OH)–C–C–N with tert-alkyl or cyclic N) is 1. The van der Waals surface area contributed by atoms with Gasteiger partial charge in [0.2, 0.25) is 5.91 Å². The molecule has 7 nitrogen and oxygen atoms in total. The lowest BCUT2D eigenvalue weighted by atomic mass is 10.1. The van der Waals surface area contributed by atoms with Crippen LogP contribution in [-0.4, -0.2) is 57.8 Å². The highest BCUT2D eigenvalue weighted by Gasteiger charge is 2.46. The predicted octanol–water partition coefficient (Wildman–Crippen LogP) is -0.650. The second-order valence-electron chi connectivity index (χ2n) is 5.14. The van der Waals surface area contributed by atoms with Crippen molar-refractivity contribution >= 4 is 11.8 Å². The van der Waals surface area contributed by atoms with Crippen molar-refractivity contribution in [2.24, 2.45) is 0 Å². The molecule has 3 atom stereocenters. The minimum Gasteiger partial charge on any atom is -0.472 e. The Morgan fingerprint density at radius 1 is 1.45 bits per heavy atom. The summed E-state index contributed by atoms with van der Waals surface area (Å²) in [6.07, 6.45) is 0.161. The van der Waals surface area contributed by atoms with Crippen LogP contribution in [0.3, 0.4) is 0 Å². The highest BCUT2D eigenvalue weighted by atomic mass is 16.3. The number of aliphatic hydroxyl groups excluding tert-OH is 2. The van der Waals surface area contributed by atoms with Crippen LogP contribution in [0.25, 0.3) is 0 Å². The van der Waals surface area contributed by atoms with Crippen molar-refractivity contribution in [3.63, 3.8) is 0 Å². The summed E-state index contributed by atoms with van der Waals surface area (Å²) in [6, 6.07) is 0.240. The number of amides is 2. The summed E-state index contributed by atoms with van der Waals surface area (Å²) >= 11 is 0. The van der Waals surface area contributed by atoms with Crippen molar-refractivity contribution in [2.75, 3.05) is 6.54 Å². The standard InChI is InChI=1S/C13H18N2O5/c1-7(2)14-12(18)10-11(17)9(16)5-15(10)13(19)8-3-4-20-6-8/h3-4,6-7,9-11,16-17H,5H2,1-2H3,(H,14,18)/t9-,10-,11-/m0/s1. The number of hydrogen-bond acceptors (Lipinski definition) is 5. The van der Waals surface area contributed by atoms with Gasteiger partial charge in [0.05, 0.1) is 18.4 Å². The molecule has 0 saturated carbocycles. The molecule has 0 spiro atoms. The molecular weight excluding hydrogens is 264 g/mol. The lowest BCUT2D eigenvalue weighted by Crippen LogP contribution is -2.51. The zero-order valence-corrected chi connectivity index (χ0v) is 11.3. The van der Waals surface area contributed by atoms with Gasteiger partial charge < -0.3 is 24.8 Å². The lowest BCUT2D eigenvalue weighted by molar-refractivity contribution is -0.128. The van der Waals surface area contributed by atoms with Gasteiger partial charge in [-0.25, -0.2) is 0 Å². The summed E-state index contributed by atoms with van der Waals surface area (Å²) in [7, 11) is 0. The third-order valence-electron chi connectivity index (χ3n) is 3.17. The van der Waals surface area contributed by atoms with Crippen molar-refractivity contribution in [3.05, 3.63) is 24.2 Å². The van der Waals surface area contributed by atoms with Crippen LogP contribution in [0, 0.1) is 0 Å². The van der Waals surface area contributed by atoms with Crippen molar-refractivity contribution in [1.82, 2.24) is 10.2 Å². The minimum atomic E-state index is -1.30. The monoisotopic (exact) mass is 282 g/mol. The van der Waals surface area contributed by atoms with E-state index in [9.17, 15) is 19.8 Å². The Balaban J connectivity index is 2.21. The normalized spacial score (nSPS) is 26.1. The van der Waals surface area contributed by atoms with Crippen LogP contribution in [0.5, 0.6) is 0 Å². The van der Waals surface area contributed by atoms with Gasteiger partial charge in [-0.1, -0.05) is 0 Å². The Kier molecular flexibility index (Phi) is 4.10. The highest BCUT2D eigenvalue weighted by molar-refractivity contribution is 5.98. The maximum atomic E-state index is 12.3. The molecule has 0 bridgehead atoms. The van der Waals surface area contributed by atoms with E-state index in [2.05, 4.69) is 5.32 Å². The van der Waals surface area contributed by atoms with Gasteiger partial charge in [-0.05, 0) is 19.9 Å². The largest absolute Gasteiger partial charge is 0.472 e. The summed E-state index contributed by atoms with van der Waals surface area (Å²) in [6.45, 7) is 3.46. The second-order valence-corrected chi connectivity index (χ2v) is 5.14. The molecule has 2 rings (SSSR count). The Bertz CT molecular complexity index is 485. The van der Waals surface area contributed by atoms with E-state index in [-0.39, 0.29) is 18.2 Å². The smallest absolute Gasteiger partial charge is 0.257 e. The fourth-order valence-corrected chi connectivity index (χ4v) is 2.25. The molecule has 0 radical (unpaired) electrons. The lowest BCUT2D eigenvalue weighted by Gasteiger charge is -2.25. The summed E-state index contributed by atoms with van der Waals surface area (Å²) in [4.78, 5) is 25.5. The van der Waals surface area contributed by atoms with E-state index in [0.717, 1.165) is 4.90 Å². The molecule has 0 aromatic carbocycles. The number of furan rings is 1. The van der Waals surface area contributed by atoms with Crippen LogP contribution in [0.1, 0.15) is 24.2 Å². The number of nitrogens with one attached hydrogen (secondary N) is 1. The molecular formula is C13H18N2O5. The number of carbonyl (C=O) groups is 2. The molecule has 1 aliphatic heterocycles. The second kappa shape index (κ2) is 5.64. The van der Waals surface area contributed by atoms with E-state index >= 15 is 0 Å². The molecule has 1 aromatic heterocycles. The molecule has 2 amide bonds. The Morgan fingerprint density at radius 2 is 2.15 bits per heavy atom. The fraction of sp³-hybridized carbons (Fsp3) is 0.538. The number of rotatable bonds is 3. The third kappa shape index (κ3) is 2.68. The fourth-order valence-electron chi connectivity index (χ4n) is 2.25. The molecule has 1 aliphatic rings. The number of hydrogen-bond donors (Lipinski definition) is 3. The van der Waals surface area contributed by atoms with Crippen LogP contribution in [0.4, 0.5) is 0 Å². The average Bonchev–Trinajstić information content (AvgIpc) is 2.97. The highest BCUT2D eigenvalue weighted by Crippen LogP contribution is 2.22. The SMILES string of the molecule is CC(C)NC(=O)[C@@H]1[C@@H](O)[C@@H](O)CN1C(=O)c1ccoc1. The quantitative estimate of drug-likeness (QED) is 0.683. The van der Waals surface area contributed by atoms with Crippen molar-refractivity contribution in [2.45, 2.75) is 38.1 Å². The number of likely N-dealkylation sites (tertiary alicyclic amines) is 1. The molecule has 7 heteroatoms. The Labute approximate surface area is 116 Å². The number of nitrogens with zero attached hydrogens (tertiary/aromatic N) is 1. The van der Waals surface area contributed by atoms with Gasteiger partial charge in [0.1, 0.15) is 24.5 Å². The van der Waals surface area contributed by atoms with Gasteiger partial charge >= 0.3 is 0 Å². The van der Waals surface area contributed by atoms with Crippen LogP contribution >= 0.6 is 0 Å². The van der Waals surface area contributed by atoms with Gasteiger partial charge in [-0.3, -0.25) is 9.59 Å². The molecule has 3 N–H and O–H groups in total. The van der Waals surface area contributed by atoms with Crippen LogP contribution in [0.15, 0.2) is 23.0 Å². The average molecular weight is 282 g/mol. The zero-order valence-electron chi connectivity index (χ0n) is 11.3. The number of aliphatic hydroxyl groups is 2. The van der Waals surface area contributed by atoms with Gasteiger partial charge in [0, 0.05) is 6.04 Å². The predicted molar refractivity (Wildman–Crippen MR) is 68.8 cm³/mol. The molecule has 0 unspecified atom stereocenters. The van der Waals surface area contributed by atoms with E-state index in [1.807, 2.05) is 0 Å². The van der Waals surface area contributed by atoms with E-state index < -0.39 is 30.1 Å². The van der Waals surface area contributed by atoms with E-state index in [1.54, 1.807) is 13.8 Å². The molecule has 0 aliphatic carbocycles. The molecule has 1 aromatic rings. The Morgan fingerprint density at radius 3 is 2.70 bits per heavy atom. The first-order valence-corrected chi connectivity index (χ1v) is 6.41. The molecule has 1 saturated heterocycles. The molecule has 110 valence electrons. The molecule has 2 heterocycles. The van der Waals surface area contributed by atoms with Gasteiger partial charge in [0.15, 0.2) is 0 Å². The van der Waals surface area contributed by atoms with E-state index in [0.29, 0.717) is 0 Å². The topological polar surface area (TPSA) is 103 Å². The molecule has 1 fully saturated rings. The first-order valence-electron chi connectivity index (χ1n) is 6.41. The zero-order chi connectivity index (χ0) is 14.9. The minimum absolute atomic E-state index is 0.0959. The van der Waals surface area contributed by atoms with Crippen molar-refractivity contribution < 1.29 is 24.2 Å². The van der Waals surface area contributed by atoms with Crippen LogP contribution in [-0.2, 0) is 4.79 Å². The first-order chi connectivity index (χ1) is 9.41. The van der Waals surface area contributed by atoms with Gasteiger partial charge in [-0.15, -0.1) is 0 Å². The maximum absolute atomic E-state index is 12.3. The van der Waals surface area contributed by atoms with E-state index in [4.69, 9.17) is 4.42 Å². The van der Waals surface area contributed by atoms with Gasteiger partial charge in [-0.2, -0.15) is 0 Å². The van der Waals surface area contributed by atoms with E-state index in [1.165, 1.54) is 18.6 Å². The summed E-state index contributed by atoms with van der Waals surface area (Å²) in [5.74, 6) is -0.945. The van der Waals surface area contributed by atoms with Gasteiger partial charge in [0.25, 0.3) is 5.91 Å². The molecule has 20 heavy (non-hydrogen) atoms. The third-order valence-corrected chi connectivity index (χ3v) is 3.17. The maximum Gasteiger partial charge on any atom is 0.257 e. The number of carbonyl (C=O) groups excluding carboxylic acids is 2. The first kappa shape index (κ1) is 14.5. The van der Waals surface area contributed by atoms with Crippen molar-refractivity contribution in [1.29, 1.82) is 0 Å².